The Morgan fingerprint density at radius 3 is 2.67 bits per heavy atom. The van der Waals surface area contributed by atoms with E-state index in [-0.39, 0.29) is 23.3 Å². The molecule has 0 unspecified atom stereocenters. The predicted octanol–water partition coefficient (Wildman–Crippen LogP) is 2.46. The summed E-state index contributed by atoms with van der Waals surface area (Å²) in [5.41, 5.74) is 2.83. The van der Waals surface area contributed by atoms with Crippen molar-refractivity contribution in [3.8, 4) is 0 Å². The third kappa shape index (κ3) is 6.36. The maximum Gasteiger partial charge on any atom is 0.267 e. The van der Waals surface area contributed by atoms with Gasteiger partial charge in [0.25, 0.3) is 5.91 Å². The highest BCUT2D eigenvalue weighted by Gasteiger charge is 2.11. The van der Waals surface area contributed by atoms with E-state index in [4.69, 9.17) is 16.8 Å². The summed E-state index contributed by atoms with van der Waals surface area (Å²) in [6.07, 6.45) is 4.01. The standard InChI is InChI=1S/C18H18ClFN4O3/c1-24(11-12-2-5-14(20)6-3-12)17(26)10-22-18-15(19)8-13(9-21-18)4-7-16(25)23-27/h2-9,27H,10-11H2,1H3,(H,21,22)(H,23,25)/b7-4+. The average Bonchev–Trinajstić information content (AvgIpc) is 2.66. The van der Waals surface area contributed by atoms with Gasteiger partial charge >= 0.3 is 0 Å². The van der Waals surface area contributed by atoms with Crippen LogP contribution in [0.15, 0.2) is 42.6 Å². The number of hydroxylamine groups is 1. The normalized spacial score (nSPS) is 10.7. The van der Waals surface area contributed by atoms with Crippen LogP contribution in [0.1, 0.15) is 11.1 Å². The van der Waals surface area contributed by atoms with Gasteiger partial charge in [-0.1, -0.05) is 23.7 Å². The number of anilines is 1. The summed E-state index contributed by atoms with van der Waals surface area (Å²) in [4.78, 5) is 28.8. The lowest BCUT2D eigenvalue weighted by atomic mass is 10.2. The van der Waals surface area contributed by atoms with Gasteiger partial charge in [0.1, 0.15) is 11.6 Å². The zero-order valence-electron chi connectivity index (χ0n) is 14.4. The van der Waals surface area contributed by atoms with Crippen molar-refractivity contribution in [3.05, 3.63) is 64.6 Å². The van der Waals surface area contributed by atoms with E-state index < -0.39 is 5.91 Å². The van der Waals surface area contributed by atoms with Gasteiger partial charge in [-0.05, 0) is 35.4 Å². The lowest BCUT2D eigenvalue weighted by molar-refractivity contribution is -0.128. The zero-order valence-corrected chi connectivity index (χ0v) is 15.2. The average molecular weight is 393 g/mol. The number of amides is 2. The van der Waals surface area contributed by atoms with E-state index in [1.54, 1.807) is 25.2 Å². The number of pyridine rings is 1. The summed E-state index contributed by atoms with van der Waals surface area (Å²) in [5, 5.41) is 11.6. The van der Waals surface area contributed by atoms with Gasteiger partial charge in [0.05, 0.1) is 11.6 Å². The first-order valence-electron chi connectivity index (χ1n) is 7.89. The van der Waals surface area contributed by atoms with Crippen molar-refractivity contribution in [2.45, 2.75) is 6.54 Å². The fourth-order valence-electron chi connectivity index (χ4n) is 2.13. The predicted molar refractivity (Wildman–Crippen MR) is 99.6 cm³/mol. The number of nitrogens with zero attached hydrogens (tertiary/aromatic N) is 2. The summed E-state index contributed by atoms with van der Waals surface area (Å²) >= 11 is 6.12. The lowest BCUT2D eigenvalue weighted by Gasteiger charge is -2.18. The minimum atomic E-state index is -0.678. The summed E-state index contributed by atoms with van der Waals surface area (Å²) < 4.78 is 12.9. The summed E-state index contributed by atoms with van der Waals surface area (Å²) in [5.74, 6) is -0.877. The maximum absolute atomic E-state index is 12.9. The molecule has 2 aromatic rings. The van der Waals surface area contributed by atoms with E-state index in [1.165, 1.54) is 34.8 Å². The van der Waals surface area contributed by atoms with Crippen LogP contribution in [0, 0.1) is 5.82 Å². The molecule has 0 radical (unpaired) electrons. The van der Waals surface area contributed by atoms with E-state index >= 15 is 0 Å². The van der Waals surface area contributed by atoms with Crippen molar-refractivity contribution in [1.82, 2.24) is 15.4 Å². The molecule has 9 heteroatoms. The van der Waals surface area contributed by atoms with Crippen LogP contribution in [0.4, 0.5) is 10.2 Å². The Hall–Kier alpha value is -2.97. The molecular formula is C18H18ClFN4O3. The molecule has 2 amide bonds. The molecule has 0 saturated heterocycles. The molecule has 0 spiro atoms. The molecule has 0 aliphatic rings. The van der Waals surface area contributed by atoms with E-state index in [1.807, 2.05) is 0 Å². The van der Waals surface area contributed by atoms with Crippen LogP contribution in [0.25, 0.3) is 6.08 Å². The number of rotatable bonds is 7. The number of hydrogen-bond donors (Lipinski definition) is 3. The van der Waals surface area contributed by atoms with Gasteiger partial charge in [-0.15, -0.1) is 0 Å². The summed E-state index contributed by atoms with van der Waals surface area (Å²) in [6.45, 7) is 0.325. The van der Waals surface area contributed by atoms with Crippen molar-refractivity contribution in [1.29, 1.82) is 0 Å². The second kappa shape index (κ2) is 9.65. The second-order valence-corrected chi connectivity index (χ2v) is 6.05. The van der Waals surface area contributed by atoms with Gasteiger partial charge in [0, 0.05) is 25.9 Å². The monoisotopic (exact) mass is 392 g/mol. The molecule has 7 nitrogen and oxygen atoms in total. The van der Waals surface area contributed by atoms with Crippen molar-refractivity contribution in [3.63, 3.8) is 0 Å². The highest BCUT2D eigenvalue weighted by atomic mass is 35.5. The third-order valence-electron chi connectivity index (χ3n) is 3.57. The molecule has 0 atom stereocenters. The Morgan fingerprint density at radius 1 is 1.33 bits per heavy atom. The van der Waals surface area contributed by atoms with E-state index in [0.717, 1.165) is 11.6 Å². The fraction of sp³-hybridized carbons (Fsp3) is 0.167. The molecule has 0 aliphatic heterocycles. The van der Waals surface area contributed by atoms with E-state index in [2.05, 4.69) is 10.3 Å². The minimum absolute atomic E-state index is 0.0213. The highest BCUT2D eigenvalue weighted by Crippen LogP contribution is 2.20. The molecule has 1 heterocycles. The Kier molecular flexibility index (Phi) is 7.27. The topological polar surface area (TPSA) is 94.6 Å². The third-order valence-corrected chi connectivity index (χ3v) is 3.85. The van der Waals surface area contributed by atoms with Crippen LogP contribution in [0.2, 0.25) is 5.02 Å². The molecule has 0 fully saturated rings. The minimum Gasteiger partial charge on any atom is -0.360 e. The molecule has 0 saturated carbocycles. The molecule has 1 aromatic heterocycles. The number of hydrogen-bond acceptors (Lipinski definition) is 5. The quantitative estimate of drug-likeness (QED) is 0.382. The van der Waals surface area contributed by atoms with E-state index in [0.29, 0.717) is 17.9 Å². The molecule has 3 N–H and O–H groups in total. The number of likely N-dealkylation sites (N-methyl/N-ethyl adjacent to an activating group) is 1. The van der Waals surface area contributed by atoms with Crippen LogP contribution in [-0.2, 0) is 16.1 Å². The van der Waals surface area contributed by atoms with Gasteiger partial charge in [-0.25, -0.2) is 14.9 Å². The van der Waals surface area contributed by atoms with Crippen molar-refractivity contribution in [2.75, 3.05) is 18.9 Å². The molecule has 142 valence electrons. The number of carbonyl (C=O) groups is 2. The van der Waals surface area contributed by atoms with Crippen LogP contribution in [0.5, 0.6) is 0 Å². The maximum atomic E-state index is 12.9. The Bertz CT molecular complexity index is 843. The summed E-state index contributed by atoms with van der Waals surface area (Å²) in [6, 6.07) is 7.48. The number of nitrogens with one attached hydrogen (secondary N) is 2. The van der Waals surface area contributed by atoms with Gasteiger partial charge < -0.3 is 10.2 Å². The molecule has 27 heavy (non-hydrogen) atoms. The molecular weight excluding hydrogens is 375 g/mol. The Labute approximate surface area is 160 Å². The smallest absolute Gasteiger partial charge is 0.267 e. The SMILES string of the molecule is CN(Cc1ccc(F)cc1)C(=O)CNc1ncc(/C=C/C(=O)NO)cc1Cl. The van der Waals surface area contributed by atoms with Crippen molar-refractivity contribution in [2.24, 2.45) is 0 Å². The second-order valence-electron chi connectivity index (χ2n) is 5.64. The highest BCUT2D eigenvalue weighted by molar-refractivity contribution is 6.33. The number of aromatic nitrogens is 1. The van der Waals surface area contributed by atoms with Crippen LogP contribution < -0.4 is 10.8 Å². The molecule has 0 bridgehead atoms. The Morgan fingerprint density at radius 2 is 2.04 bits per heavy atom. The van der Waals surface area contributed by atoms with Crippen LogP contribution >= 0.6 is 11.6 Å². The fourth-order valence-corrected chi connectivity index (χ4v) is 2.37. The van der Waals surface area contributed by atoms with Crippen LogP contribution in [-0.4, -0.2) is 40.5 Å². The van der Waals surface area contributed by atoms with Crippen molar-refractivity contribution < 1.29 is 19.2 Å². The van der Waals surface area contributed by atoms with E-state index in [9.17, 15) is 14.0 Å². The van der Waals surface area contributed by atoms with Gasteiger partial charge in [-0.3, -0.25) is 14.8 Å². The zero-order chi connectivity index (χ0) is 19.8. The van der Waals surface area contributed by atoms with Crippen LogP contribution in [0.3, 0.4) is 0 Å². The number of halogens is 2. The van der Waals surface area contributed by atoms with Crippen molar-refractivity contribution >= 4 is 35.3 Å². The Balaban J connectivity index is 1.91. The molecule has 0 aliphatic carbocycles. The number of benzene rings is 1. The first kappa shape index (κ1) is 20.3. The lowest BCUT2D eigenvalue weighted by Crippen LogP contribution is -2.32. The number of carbonyl (C=O) groups excluding carboxylic acids is 2. The van der Waals surface area contributed by atoms with Gasteiger partial charge in [0.15, 0.2) is 0 Å². The van der Waals surface area contributed by atoms with Gasteiger partial charge in [-0.2, -0.15) is 0 Å². The molecule has 1 aromatic carbocycles. The largest absolute Gasteiger partial charge is 0.360 e. The summed E-state index contributed by atoms with van der Waals surface area (Å²) in [7, 11) is 1.64. The first-order chi connectivity index (χ1) is 12.9. The van der Waals surface area contributed by atoms with Gasteiger partial charge in [0.2, 0.25) is 5.91 Å². The molecule has 2 rings (SSSR count). The first-order valence-corrected chi connectivity index (χ1v) is 8.27.